The lowest BCUT2D eigenvalue weighted by Crippen LogP contribution is -2.09. The number of aryl methyl sites for hydroxylation is 1. The molecule has 0 bridgehead atoms. The van der Waals surface area contributed by atoms with Crippen molar-refractivity contribution in [2.75, 3.05) is 11.6 Å². The van der Waals surface area contributed by atoms with Crippen LogP contribution in [0.1, 0.15) is 21.5 Å². The molecule has 0 saturated heterocycles. The number of anilines is 1. The van der Waals surface area contributed by atoms with E-state index in [9.17, 15) is 9.90 Å². The van der Waals surface area contributed by atoms with Crippen molar-refractivity contribution in [2.45, 2.75) is 6.92 Å². The molecule has 0 heterocycles. The number of carbonyl (C=O) groups excluding carboxylic acids is 1. The van der Waals surface area contributed by atoms with Crippen LogP contribution in [-0.4, -0.2) is 21.5 Å². The maximum Gasteiger partial charge on any atom is 0.191 e. The van der Waals surface area contributed by atoms with Gasteiger partial charge in [-0.3, -0.25) is 4.79 Å². The number of aliphatic hydroxyl groups excluding tert-OH is 1. The summed E-state index contributed by atoms with van der Waals surface area (Å²) >= 11 is 6.56. The summed E-state index contributed by atoms with van der Waals surface area (Å²) in [5, 5.41) is 13.2. The minimum absolute atomic E-state index is 0.0597. The van der Waals surface area contributed by atoms with Crippen molar-refractivity contribution in [1.29, 1.82) is 0 Å². The Kier molecular flexibility index (Phi) is 5.96. The lowest BCUT2D eigenvalue weighted by Gasteiger charge is -2.11. The number of ketones is 1. The van der Waals surface area contributed by atoms with Crippen LogP contribution in [0.5, 0.6) is 0 Å². The Labute approximate surface area is 145 Å². The highest BCUT2D eigenvalue weighted by molar-refractivity contribution is 8.22. The highest BCUT2D eigenvalue weighted by Crippen LogP contribution is 2.21. The number of thiocarbonyl (C=S) groups is 1. The highest BCUT2D eigenvalue weighted by Gasteiger charge is 2.12. The van der Waals surface area contributed by atoms with Crippen molar-refractivity contribution < 1.29 is 9.90 Å². The van der Waals surface area contributed by atoms with Crippen LogP contribution in [-0.2, 0) is 0 Å². The molecule has 5 heteroatoms. The summed E-state index contributed by atoms with van der Waals surface area (Å²) < 4.78 is 0.583. The normalized spacial score (nSPS) is 11.1. The zero-order chi connectivity index (χ0) is 16.8. The molecule has 0 aliphatic rings. The molecule has 0 saturated carbocycles. The molecule has 2 aromatic carbocycles. The highest BCUT2D eigenvalue weighted by atomic mass is 32.2. The van der Waals surface area contributed by atoms with Gasteiger partial charge in [-0.1, -0.05) is 54.2 Å². The first-order valence-corrected chi connectivity index (χ1v) is 8.60. The van der Waals surface area contributed by atoms with Crippen LogP contribution in [0.15, 0.2) is 54.6 Å². The number of thioether (sulfide) groups is 1. The van der Waals surface area contributed by atoms with E-state index in [0.717, 1.165) is 5.56 Å². The van der Waals surface area contributed by atoms with Crippen LogP contribution in [0.4, 0.5) is 5.69 Å². The Balaban J connectivity index is 2.35. The van der Waals surface area contributed by atoms with E-state index in [4.69, 9.17) is 12.2 Å². The summed E-state index contributed by atoms with van der Waals surface area (Å²) in [4.78, 5) is 12.5. The second kappa shape index (κ2) is 7.94. The predicted octanol–water partition coefficient (Wildman–Crippen LogP) is 4.84. The van der Waals surface area contributed by atoms with Crippen LogP contribution in [0.3, 0.4) is 0 Å². The van der Waals surface area contributed by atoms with Crippen LogP contribution in [0.25, 0.3) is 5.76 Å². The maximum absolute atomic E-state index is 12.5. The molecule has 0 aliphatic heterocycles. The lowest BCUT2D eigenvalue weighted by molar-refractivity contribution is 0.104. The van der Waals surface area contributed by atoms with Crippen molar-refractivity contribution in [3.8, 4) is 0 Å². The van der Waals surface area contributed by atoms with Crippen molar-refractivity contribution >= 4 is 45.5 Å². The number of hydrogen-bond donors (Lipinski definition) is 2. The smallest absolute Gasteiger partial charge is 0.191 e. The molecule has 2 rings (SSSR count). The van der Waals surface area contributed by atoms with Gasteiger partial charge in [-0.25, -0.2) is 0 Å². The molecule has 0 unspecified atom stereocenters. The van der Waals surface area contributed by atoms with E-state index in [0.29, 0.717) is 21.1 Å². The fourth-order valence-electron chi connectivity index (χ4n) is 2.03. The number of benzene rings is 2. The molecule has 0 aromatic heterocycles. The van der Waals surface area contributed by atoms with E-state index in [1.54, 1.807) is 30.3 Å². The molecular formula is C18H17NO2S2. The van der Waals surface area contributed by atoms with Crippen molar-refractivity contribution in [3.05, 3.63) is 71.3 Å². The van der Waals surface area contributed by atoms with Gasteiger partial charge in [0, 0.05) is 17.2 Å². The monoisotopic (exact) mass is 343 g/mol. The number of allylic oxidation sites excluding steroid dienone is 1. The summed E-state index contributed by atoms with van der Waals surface area (Å²) in [6, 6.07) is 14.5. The molecule has 0 aliphatic carbocycles. The Morgan fingerprint density at radius 2 is 1.91 bits per heavy atom. The van der Waals surface area contributed by atoms with Crippen LogP contribution < -0.4 is 5.32 Å². The maximum atomic E-state index is 12.5. The minimum atomic E-state index is -0.276. The first-order valence-electron chi connectivity index (χ1n) is 6.97. The van der Waals surface area contributed by atoms with Gasteiger partial charge >= 0.3 is 0 Å². The van der Waals surface area contributed by atoms with E-state index in [-0.39, 0.29) is 11.5 Å². The second-order valence-corrected chi connectivity index (χ2v) is 6.41. The largest absolute Gasteiger partial charge is 0.507 e. The zero-order valence-electron chi connectivity index (χ0n) is 12.9. The second-order valence-electron chi connectivity index (χ2n) is 4.93. The van der Waals surface area contributed by atoms with E-state index < -0.39 is 0 Å². The van der Waals surface area contributed by atoms with Crippen LogP contribution in [0.2, 0.25) is 0 Å². The zero-order valence-corrected chi connectivity index (χ0v) is 14.5. The third-order valence-electron chi connectivity index (χ3n) is 3.20. The fourth-order valence-corrected chi connectivity index (χ4v) is 2.35. The first kappa shape index (κ1) is 17.2. The predicted molar refractivity (Wildman–Crippen MR) is 102 cm³/mol. The van der Waals surface area contributed by atoms with Gasteiger partial charge in [0.2, 0.25) is 0 Å². The minimum Gasteiger partial charge on any atom is -0.507 e. The van der Waals surface area contributed by atoms with Gasteiger partial charge in [0.25, 0.3) is 0 Å². The Morgan fingerprint density at radius 3 is 2.57 bits per heavy atom. The van der Waals surface area contributed by atoms with Gasteiger partial charge in [-0.05, 0) is 25.3 Å². The standard InChI is InChI=1S/C18H17NO2S2/c1-12-8-9-15(19-18(22)23-2)14(10-12)17(21)11-16(20)13-6-4-3-5-7-13/h3-11,20H,1-2H3,(H,19,22)/b16-11-. The molecule has 2 N–H and O–H groups in total. The molecule has 23 heavy (non-hydrogen) atoms. The third-order valence-corrected chi connectivity index (χ3v) is 4.27. The molecule has 2 aromatic rings. The summed E-state index contributed by atoms with van der Waals surface area (Å²) in [6.45, 7) is 1.91. The van der Waals surface area contributed by atoms with Crippen LogP contribution in [0, 0.1) is 6.92 Å². The molecule has 0 amide bonds. The van der Waals surface area contributed by atoms with Crippen molar-refractivity contribution in [2.24, 2.45) is 0 Å². The van der Waals surface area contributed by atoms with Gasteiger partial charge in [0.1, 0.15) is 10.1 Å². The van der Waals surface area contributed by atoms with Crippen molar-refractivity contribution in [1.82, 2.24) is 0 Å². The molecule has 0 spiro atoms. The average Bonchev–Trinajstić information content (AvgIpc) is 2.56. The number of nitrogens with one attached hydrogen (secondary N) is 1. The van der Waals surface area contributed by atoms with Gasteiger partial charge in [-0.2, -0.15) is 0 Å². The quantitative estimate of drug-likeness (QED) is 0.360. The lowest BCUT2D eigenvalue weighted by atomic mass is 10.0. The van der Waals surface area contributed by atoms with Gasteiger partial charge < -0.3 is 10.4 Å². The molecule has 0 radical (unpaired) electrons. The summed E-state index contributed by atoms with van der Waals surface area (Å²) in [5.74, 6) is -0.336. The van der Waals surface area contributed by atoms with Crippen molar-refractivity contribution in [3.63, 3.8) is 0 Å². The van der Waals surface area contributed by atoms with E-state index in [1.807, 2.05) is 31.4 Å². The molecular weight excluding hydrogens is 326 g/mol. The van der Waals surface area contributed by atoms with Gasteiger partial charge in [0.05, 0.1) is 5.69 Å². The molecule has 0 atom stereocenters. The summed E-state index contributed by atoms with van der Waals surface area (Å²) in [5.41, 5.74) is 2.67. The Hall–Kier alpha value is -2.11. The van der Waals surface area contributed by atoms with E-state index in [1.165, 1.54) is 17.8 Å². The fraction of sp³-hybridized carbons (Fsp3) is 0.111. The van der Waals surface area contributed by atoms with Gasteiger partial charge in [0.15, 0.2) is 5.78 Å². The van der Waals surface area contributed by atoms with E-state index >= 15 is 0 Å². The first-order chi connectivity index (χ1) is 11.0. The SMILES string of the molecule is CSC(=S)Nc1ccc(C)cc1C(=O)/C=C(\O)c1ccccc1. The topological polar surface area (TPSA) is 49.3 Å². The molecule has 0 fully saturated rings. The molecule has 3 nitrogen and oxygen atoms in total. The Bertz CT molecular complexity index is 755. The number of carbonyl (C=O) groups is 1. The Morgan fingerprint density at radius 1 is 1.22 bits per heavy atom. The van der Waals surface area contributed by atoms with E-state index in [2.05, 4.69) is 5.32 Å². The average molecular weight is 343 g/mol. The third kappa shape index (κ3) is 4.68. The number of rotatable bonds is 4. The van der Waals surface area contributed by atoms with Crippen LogP contribution >= 0.6 is 24.0 Å². The van der Waals surface area contributed by atoms with Gasteiger partial charge in [-0.15, -0.1) is 11.8 Å². The summed E-state index contributed by atoms with van der Waals surface area (Å²) in [6.07, 6.45) is 3.10. The molecule has 118 valence electrons. The number of aliphatic hydroxyl groups is 1. The summed E-state index contributed by atoms with van der Waals surface area (Å²) in [7, 11) is 0. The number of hydrogen-bond acceptors (Lipinski definition) is 4.